The molecule has 0 unspecified atom stereocenters. The molecule has 7 nitrogen and oxygen atoms in total. The van der Waals surface area contributed by atoms with E-state index in [0.29, 0.717) is 22.9 Å². The standard InChI is InChI=1S/C33H26F3N3O4S/c34-33(35,36)43-28-16-14-27(15-17-28)39(20-22-6-8-26(9-7-22)31(42)37-19-18-30(40)41)32-38-29(21-44-32)25-12-10-24(11-13-25)23-4-2-1-3-5-23/h1-17,21H,18-20H2,(H,37,42)(H,40,41). The van der Waals surface area contributed by atoms with Gasteiger partial charge in [0.1, 0.15) is 5.75 Å². The second-order valence-electron chi connectivity index (χ2n) is 9.68. The average Bonchev–Trinajstić information content (AvgIpc) is 3.50. The summed E-state index contributed by atoms with van der Waals surface area (Å²) >= 11 is 1.39. The highest BCUT2D eigenvalue weighted by atomic mass is 32.1. The zero-order valence-electron chi connectivity index (χ0n) is 23.1. The van der Waals surface area contributed by atoms with Crippen molar-refractivity contribution in [2.75, 3.05) is 11.4 Å². The van der Waals surface area contributed by atoms with E-state index >= 15 is 0 Å². The van der Waals surface area contributed by atoms with E-state index in [4.69, 9.17) is 10.1 Å². The first-order valence-electron chi connectivity index (χ1n) is 13.5. The third kappa shape index (κ3) is 8.01. The van der Waals surface area contributed by atoms with Gasteiger partial charge in [0, 0.05) is 28.7 Å². The van der Waals surface area contributed by atoms with Gasteiger partial charge in [-0.2, -0.15) is 0 Å². The normalized spacial score (nSPS) is 11.2. The molecule has 0 bridgehead atoms. The average molecular weight is 618 g/mol. The van der Waals surface area contributed by atoms with Gasteiger partial charge in [0.25, 0.3) is 5.91 Å². The lowest BCUT2D eigenvalue weighted by Crippen LogP contribution is -2.26. The Labute approximate surface area is 255 Å². The first-order chi connectivity index (χ1) is 21.1. The van der Waals surface area contributed by atoms with Crippen molar-refractivity contribution in [1.82, 2.24) is 10.3 Å². The number of aliphatic carboxylic acids is 1. The summed E-state index contributed by atoms with van der Waals surface area (Å²) in [5.41, 5.74) is 5.62. The number of nitrogens with zero attached hydrogens (tertiary/aromatic N) is 2. The van der Waals surface area contributed by atoms with Crippen molar-refractivity contribution >= 4 is 34.0 Å². The number of rotatable bonds is 11. The lowest BCUT2D eigenvalue weighted by atomic mass is 10.0. The number of alkyl halides is 3. The molecule has 11 heteroatoms. The molecule has 2 N–H and O–H groups in total. The number of halogens is 3. The van der Waals surface area contributed by atoms with Crippen LogP contribution in [0.15, 0.2) is 109 Å². The lowest BCUT2D eigenvalue weighted by molar-refractivity contribution is -0.274. The fourth-order valence-electron chi connectivity index (χ4n) is 4.41. The van der Waals surface area contributed by atoms with Gasteiger partial charge in [-0.05, 0) is 53.1 Å². The van der Waals surface area contributed by atoms with Crippen LogP contribution in [0.2, 0.25) is 0 Å². The molecule has 5 rings (SSSR count). The summed E-state index contributed by atoms with van der Waals surface area (Å²) in [5.74, 6) is -1.73. The van der Waals surface area contributed by atoms with E-state index in [9.17, 15) is 22.8 Å². The predicted octanol–water partition coefficient (Wildman–Crippen LogP) is 7.92. The summed E-state index contributed by atoms with van der Waals surface area (Å²) in [7, 11) is 0. The molecule has 0 aliphatic carbocycles. The van der Waals surface area contributed by atoms with Crippen LogP contribution in [0.5, 0.6) is 5.75 Å². The van der Waals surface area contributed by atoms with Crippen molar-refractivity contribution in [1.29, 1.82) is 0 Å². The first-order valence-corrected chi connectivity index (χ1v) is 14.4. The molecule has 5 aromatic rings. The number of hydrogen-bond acceptors (Lipinski definition) is 6. The molecule has 1 aromatic heterocycles. The number of carbonyl (C=O) groups is 2. The molecule has 0 spiro atoms. The van der Waals surface area contributed by atoms with Crippen molar-refractivity contribution in [2.45, 2.75) is 19.3 Å². The number of anilines is 2. The van der Waals surface area contributed by atoms with E-state index in [1.165, 1.54) is 35.6 Å². The Bertz CT molecular complexity index is 1710. The highest BCUT2D eigenvalue weighted by Crippen LogP contribution is 2.35. The summed E-state index contributed by atoms with van der Waals surface area (Å²) < 4.78 is 42.2. The van der Waals surface area contributed by atoms with Gasteiger partial charge in [0.05, 0.1) is 18.7 Å². The molecule has 1 heterocycles. The molecule has 0 saturated carbocycles. The smallest absolute Gasteiger partial charge is 0.481 e. The summed E-state index contributed by atoms with van der Waals surface area (Å²) in [5, 5.41) is 13.9. The number of thiazole rings is 1. The van der Waals surface area contributed by atoms with E-state index in [0.717, 1.165) is 27.9 Å². The summed E-state index contributed by atoms with van der Waals surface area (Å²) in [6.45, 7) is 0.319. The van der Waals surface area contributed by atoms with Gasteiger partial charge in [-0.3, -0.25) is 9.59 Å². The molecule has 224 valence electrons. The quantitative estimate of drug-likeness (QED) is 0.157. The summed E-state index contributed by atoms with van der Waals surface area (Å²) in [4.78, 5) is 29.8. The van der Waals surface area contributed by atoms with Gasteiger partial charge >= 0.3 is 12.3 Å². The van der Waals surface area contributed by atoms with Crippen LogP contribution in [0.4, 0.5) is 24.0 Å². The predicted molar refractivity (Wildman–Crippen MR) is 163 cm³/mol. The van der Waals surface area contributed by atoms with Crippen LogP contribution < -0.4 is 15.0 Å². The maximum absolute atomic E-state index is 12.7. The van der Waals surface area contributed by atoms with Crippen molar-refractivity contribution in [3.05, 3.63) is 120 Å². The number of hydrogen-bond donors (Lipinski definition) is 2. The van der Waals surface area contributed by atoms with Crippen LogP contribution >= 0.6 is 11.3 Å². The highest BCUT2D eigenvalue weighted by molar-refractivity contribution is 7.14. The van der Waals surface area contributed by atoms with Crippen molar-refractivity contribution in [3.8, 4) is 28.1 Å². The Hall–Kier alpha value is -5.16. The number of aromatic nitrogens is 1. The van der Waals surface area contributed by atoms with Gasteiger partial charge in [-0.15, -0.1) is 24.5 Å². The fourth-order valence-corrected chi connectivity index (χ4v) is 5.27. The number of benzene rings is 4. The van der Waals surface area contributed by atoms with Gasteiger partial charge in [-0.1, -0.05) is 66.7 Å². The van der Waals surface area contributed by atoms with E-state index in [1.54, 1.807) is 24.3 Å². The molecule has 0 atom stereocenters. The van der Waals surface area contributed by atoms with Gasteiger partial charge < -0.3 is 20.1 Å². The number of carboxylic acids is 1. The Balaban J connectivity index is 1.38. The van der Waals surface area contributed by atoms with Gasteiger partial charge in [0.2, 0.25) is 0 Å². The Morgan fingerprint density at radius 3 is 2.11 bits per heavy atom. The first kappa shape index (κ1) is 30.3. The minimum atomic E-state index is -4.80. The minimum Gasteiger partial charge on any atom is -0.481 e. The highest BCUT2D eigenvalue weighted by Gasteiger charge is 2.31. The number of amides is 1. The van der Waals surface area contributed by atoms with Gasteiger partial charge in [-0.25, -0.2) is 4.98 Å². The molecule has 0 saturated heterocycles. The summed E-state index contributed by atoms with van der Waals surface area (Å²) in [6, 6.07) is 30.4. The molecule has 0 radical (unpaired) electrons. The second kappa shape index (κ2) is 13.4. The molecule has 44 heavy (non-hydrogen) atoms. The van der Waals surface area contributed by atoms with Crippen LogP contribution in [0, 0.1) is 0 Å². The monoisotopic (exact) mass is 617 g/mol. The van der Waals surface area contributed by atoms with E-state index in [2.05, 4.69) is 10.1 Å². The zero-order chi connectivity index (χ0) is 31.1. The maximum atomic E-state index is 12.7. The van der Waals surface area contributed by atoms with E-state index in [-0.39, 0.29) is 18.7 Å². The Morgan fingerprint density at radius 1 is 0.841 bits per heavy atom. The van der Waals surface area contributed by atoms with E-state index < -0.39 is 18.2 Å². The van der Waals surface area contributed by atoms with Crippen LogP contribution in [-0.4, -0.2) is 34.9 Å². The van der Waals surface area contributed by atoms with Crippen molar-refractivity contribution in [2.24, 2.45) is 0 Å². The van der Waals surface area contributed by atoms with Crippen molar-refractivity contribution in [3.63, 3.8) is 0 Å². The van der Waals surface area contributed by atoms with Crippen LogP contribution in [0.1, 0.15) is 22.3 Å². The second-order valence-corrected chi connectivity index (χ2v) is 10.5. The number of carboxylic acid groups (broad SMARTS) is 1. The summed E-state index contributed by atoms with van der Waals surface area (Å²) in [6.07, 6.45) is -4.98. The Kier molecular flexibility index (Phi) is 9.25. The van der Waals surface area contributed by atoms with E-state index in [1.807, 2.05) is 64.9 Å². The largest absolute Gasteiger partial charge is 0.573 e. The Morgan fingerprint density at radius 2 is 1.48 bits per heavy atom. The SMILES string of the molecule is O=C(O)CCNC(=O)c1ccc(CN(c2ccc(OC(F)(F)F)cc2)c2nc(-c3ccc(-c4ccccc4)cc3)cs2)cc1. The maximum Gasteiger partial charge on any atom is 0.573 e. The van der Waals surface area contributed by atoms with Gasteiger partial charge in [0.15, 0.2) is 5.13 Å². The fraction of sp³-hybridized carbons (Fsp3) is 0.121. The topological polar surface area (TPSA) is 91.8 Å². The van der Waals surface area contributed by atoms with Crippen LogP contribution in [0.3, 0.4) is 0 Å². The molecule has 4 aromatic carbocycles. The number of ether oxygens (including phenoxy) is 1. The number of carbonyl (C=O) groups excluding carboxylic acids is 1. The third-order valence-electron chi connectivity index (χ3n) is 6.57. The molecule has 0 aliphatic rings. The third-order valence-corrected chi connectivity index (χ3v) is 7.44. The van der Waals surface area contributed by atoms with Crippen molar-refractivity contribution < 1.29 is 32.6 Å². The zero-order valence-corrected chi connectivity index (χ0v) is 23.9. The number of nitrogens with one attached hydrogen (secondary N) is 1. The molecular formula is C33H26F3N3O4S. The molecule has 1 amide bonds. The lowest BCUT2D eigenvalue weighted by Gasteiger charge is -2.23. The van der Waals surface area contributed by atoms with Crippen LogP contribution in [-0.2, 0) is 11.3 Å². The van der Waals surface area contributed by atoms with Crippen LogP contribution in [0.25, 0.3) is 22.4 Å². The molecule has 0 fully saturated rings. The molecular weight excluding hydrogens is 591 g/mol. The molecule has 0 aliphatic heterocycles. The minimum absolute atomic E-state index is 0.0130.